The summed E-state index contributed by atoms with van der Waals surface area (Å²) in [7, 11) is -1.71. The summed E-state index contributed by atoms with van der Waals surface area (Å²) in [6.45, 7) is 14.9. The zero-order valence-corrected chi connectivity index (χ0v) is 37.3. The number of benzene rings is 5. The molecule has 0 unspecified atom stereocenters. The van der Waals surface area contributed by atoms with Gasteiger partial charge < -0.3 is 14.4 Å². The summed E-state index contributed by atoms with van der Waals surface area (Å²) in [6.07, 6.45) is 2.17. The van der Waals surface area contributed by atoms with Crippen LogP contribution in [0.15, 0.2) is 138 Å². The Kier molecular flexibility index (Phi) is 10.7. The van der Waals surface area contributed by atoms with Crippen molar-refractivity contribution in [1.29, 1.82) is 0 Å². The minimum absolute atomic E-state index is 0. The van der Waals surface area contributed by atoms with E-state index in [0.717, 1.165) is 55.1 Å². The maximum Gasteiger partial charge on any atom is 0.121 e. The van der Waals surface area contributed by atoms with Crippen molar-refractivity contribution in [3.8, 4) is 44.8 Å². The van der Waals surface area contributed by atoms with E-state index in [9.17, 15) is 0 Å². The van der Waals surface area contributed by atoms with Gasteiger partial charge in [-0.3, -0.25) is 0 Å². The second-order valence-corrected chi connectivity index (χ2v) is 21.7. The molecule has 0 saturated carbocycles. The maximum absolute atomic E-state index is 8.69. The predicted octanol–water partition coefficient (Wildman–Crippen LogP) is 13.7. The number of furan rings is 1. The molecule has 8 aromatic rings. The molecule has 5 heteroatoms. The number of hydrogen-bond donors (Lipinski definition) is 0. The Balaban J connectivity index is 0.000000214. The molecule has 8 rings (SSSR count). The SMILES string of the molecule is [2H]C([2H])([2H])c1cc(-c2[c-]ccc3c2oc2cc(-c4ccccc4)ccc23)ncc1-c1ccccc1.[2H]C([2H])(c1cc(-c2[c-]ccc(C(C)(C)C)c2)ncc1[Si](C)(C)C)C(C)C.[Ir]. The van der Waals surface area contributed by atoms with Gasteiger partial charge in [-0.1, -0.05) is 156 Å². The Labute approximate surface area is 361 Å². The summed E-state index contributed by atoms with van der Waals surface area (Å²) in [4.78, 5) is 9.35. The van der Waals surface area contributed by atoms with Gasteiger partial charge in [0.25, 0.3) is 0 Å². The first-order valence-corrected chi connectivity index (χ1v) is 22.8. The smallest absolute Gasteiger partial charge is 0.121 e. The minimum Gasteiger partial charge on any atom is -0.501 e. The van der Waals surface area contributed by atoms with Gasteiger partial charge in [-0.15, -0.1) is 53.6 Å². The van der Waals surface area contributed by atoms with E-state index in [1.54, 1.807) is 12.3 Å². The predicted molar refractivity (Wildman–Crippen MR) is 240 cm³/mol. The molecule has 0 bridgehead atoms. The van der Waals surface area contributed by atoms with Gasteiger partial charge in [0, 0.05) is 50.3 Å². The van der Waals surface area contributed by atoms with Crippen LogP contribution in [-0.2, 0) is 31.9 Å². The van der Waals surface area contributed by atoms with Crippen LogP contribution in [0.1, 0.15) is 58.2 Å². The Morgan fingerprint density at radius 3 is 2.09 bits per heavy atom. The molecule has 3 nitrogen and oxygen atoms in total. The average Bonchev–Trinajstić information content (AvgIpc) is 3.61. The van der Waals surface area contributed by atoms with Crippen molar-refractivity contribution in [2.24, 2.45) is 5.92 Å². The van der Waals surface area contributed by atoms with E-state index in [1.807, 2.05) is 98.9 Å². The van der Waals surface area contributed by atoms with Gasteiger partial charge in [-0.25, -0.2) is 0 Å². The number of fused-ring (bicyclic) bond motifs is 3. The maximum atomic E-state index is 8.69. The van der Waals surface area contributed by atoms with Gasteiger partial charge in [-0.2, -0.15) is 0 Å². The zero-order chi connectivity index (χ0) is 43.9. The standard InChI is InChI=1S/C30H20NO.C22H32NSi.Ir/c1-20-17-28(31-19-27(20)22-11-6-3-7-12-22)26-14-8-13-25-24-16-15-23(18-29(24)32-30(25)26)21-9-4-2-5-10-21;1-16(2)12-18-14-20(23-15-21(18)24(6,7)8)17-10-9-11-19(13-17)22(3,4)5;/h2-13,15-19H,1H3;9,11,13-16H,12H2,1-8H3;/q2*-1;/i1D3;12D2;. The van der Waals surface area contributed by atoms with Gasteiger partial charge in [0.1, 0.15) is 5.58 Å². The molecule has 5 aromatic carbocycles. The first kappa shape index (κ1) is 35.2. The molecule has 0 amide bonds. The van der Waals surface area contributed by atoms with Crippen LogP contribution in [0.3, 0.4) is 0 Å². The Morgan fingerprint density at radius 2 is 1.42 bits per heavy atom. The van der Waals surface area contributed by atoms with Crippen LogP contribution in [0.2, 0.25) is 19.6 Å². The second kappa shape index (κ2) is 17.3. The Morgan fingerprint density at radius 1 is 0.737 bits per heavy atom. The summed E-state index contributed by atoms with van der Waals surface area (Å²) in [5.41, 5.74) is 10.2. The van der Waals surface area contributed by atoms with Crippen molar-refractivity contribution in [1.82, 2.24) is 9.97 Å². The second-order valence-electron chi connectivity index (χ2n) is 16.7. The van der Waals surface area contributed by atoms with Crippen molar-refractivity contribution < 1.29 is 31.4 Å². The molecule has 291 valence electrons. The van der Waals surface area contributed by atoms with E-state index in [2.05, 4.69) is 93.9 Å². The quantitative estimate of drug-likeness (QED) is 0.118. The van der Waals surface area contributed by atoms with Crippen molar-refractivity contribution >= 4 is 35.2 Å². The molecule has 0 aliphatic heterocycles. The van der Waals surface area contributed by atoms with Crippen molar-refractivity contribution in [3.05, 3.63) is 163 Å². The van der Waals surface area contributed by atoms with Gasteiger partial charge in [0.05, 0.1) is 13.7 Å². The molecule has 3 heterocycles. The number of aryl methyl sites for hydroxylation is 1. The molecule has 0 fully saturated rings. The van der Waals surface area contributed by atoms with Crippen molar-refractivity contribution in [3.63, 3.8) is 0 Å². The molecule has 0 N–H and O–H groups in total. The monoisotopic (exact) mass is 946 g/mol. The number of aromatic nitrogens is 2. The topological polar surface area (TPSA) is 38.9 Å². The van der Waals surface area contributed by atoms with Crippen molar-refractivity contribution in [2.75, 3.05) is 0 Å². The molecular weight excluding hydrogens is 889 g/mol. The summed E-state index contributed by atoms with van der Waals surface area (Å²) in [5, 5.41) is 3.04. The third kappa shape index (κ3) is 9.45. The first-order chi connectivity index (χ1) is 28.7. The molecule has 0 saturated heterocycles. The van der Waals surface area contributed by atoms with Crippen LogP contribution in [0, 0.1) is 24.9 Å². The zero-order valence-electron chi connectivity index (χ0n) is 38.9. The van der Waals surface area contributed by atoms with Crippen LogP contribution in [0.5, 0.6) is 0 Å². The average molecular weight is 946 g/mol. The van der Waals surface area contributed by atoms with Crippen LogP contribution in [-0.4, -0.2) is 18.0 Å². The van der Waals surface area contributed by atoms with E-state index in [-0.39, 0.29) is 37.0 Å². The fourth-order valence-corrected chi connectivity index (χ4v) is 8.30. The molecule has 0 aliphatic carbocycles. The fraction of sp³-hybridized carbons (Fsp3) is 0.231. The largest absolute Gasteiger partial charge is 0.501 e. The summed E-state index contributed by atoms with van der Waals surface area (Å²) in [5.74, 6) is -0.0993. The van der Waals surface area contributed by atoms with E-state index >= 15 is 0 Å². The number of rotatable bonds is 7. The molecular formula is C52H52IrN2OSi-2. The third-order valence-electron chi connectivity index (χ3n) is 9.88. The van der Waals surface area contributed by atoms with Crippen LogP contribution >= 0.6 is 0 Å². The van der Waals surface area contributed by atoms with E-state index in [4.69, 9.17) is 16.3 Å². The number of nitrogens with zero attached hydrogens (tertiary/aromatic N) is 2. The van der Waals surface area contributed by atoms with E-state index in [0.29, 0.717) is 22.4 Å². The van der Waals surface area contributed by atoms with Crippen molar-refractivity contribution in [2.45, 2.75) is 72.9 Å². The van der Waals surface area contributed by atoms with Crippen LogP contribution < -0.4 is 5.19 Å². The van der Waals surface area contributed by atoms with Crippen LogP contribution in [0.25, 0.3) is 66.7 Å². The molecule has 0 spiro atoms. The molecule has 3 aromatic heterocycles. The first-order valence-electron chi connectivity index (χ1n) is 21.8. The Hall–Kier alpha value is -4.93. The van der Waals surface area contributed by atoms with Gasteiger partial charge in [-0.05, 0) is 69.5 Å². The molecule has 57 heavy (non-hydrogen) atoms. The minimum atomic E-state index is -2.30. The number of pyridine rings is 2. The van der Waals surface area contributed by atoms with E-state index < -0.39 is 21.3 Å². The molecule has 1 radical (unpaired) electrons. The normalized spacial score (nSPS) is 13.5. The third-order valence-corrected chi connectivity index (χ3v) is 11.9. The van der Waals surface area contributed by atoms with Gasteiger partial charge in [0.2, 0.25) is 0 Å². The summed E-state index contributed by atoms with van der Waals surface area (Å²) < 4.78 is 48.2. The summed E-state index contributed by atoms with van der Waals surface area (Å²) >= 11 is 0. The number of hydrogen-bond acceptors (Lipinski definition) is 3. The van der Waals surface area contributed by atoms with Gasteiger partial charge in [0.15, 0.2) is 0 Å². The van der Waals surface area contributed by atoms with Crippen LogP contribution in [0.4, 0.5) is 0 Å². The molecule has 0 aliphatic rings. The molecule has 0 atom stereocenters. The fourth-order valence-electron chi connectivity index (χ4n) is 6.89. The summed E-state index contributed by atoms with van der Waals surface area (Å²) in [6, 6.07) is 45.9. The van der Waals surface area contributed by atoms with E-state index in [1.165, 1.54) is 5.56 Å². The Bertz CT molecular complexity index is 2820. The van der Waals surface area contributed by atoms with Gasteiger partial charge >= 0.3 is 0 Å².